The van der Waals surface area contributed by atoms with Gasteiger partial charge in [0.25, 0.3) is 0 Å². The van der Waals surface area contributed by atoms with Crippen LogP contribution in [0.1, 0.15) is 76.4 Å². The highest BCUT2D eigenvalue weighted by atomic mass is 16.3. The Hall–Kier alpha value is -0.760. The summed E-state index contributed by atoms with van der Waals surface area (Å²) in [5.41, 5.74) is 0. The maximum absolute atomic E-state index is 5.88. The van der Waals surface area contributed by atoms with Gasteiger partial charge in [-0.1, -0.05) is 46.0 Å². The van der Waals surface area contributed by atoms with Crippen molar-refractivity contribution >= 4 is 0 Å². The first-order valence-corrected chi connectivity index (χ1v) is 8.54. The van der Waals surface area contributed by atoms with Gasteiger partial charge in [-0.15, -0.1) is 0 Å². The van der Waals surface area contributed by atoms with Crippen LogP contribution in [-0.2, 0) is 0 Å². The lowest BCUT2D eigenvalue weighted by molar-refractivity contribution is 0.198. The molecule has 0 aliphatic heterocycles. The Labute approximate surface area is 124 Å². The lowest BCUT2D eigenvalue weighted by Gasteiger charge is -2.33. The summed E-state index contributed by atoms with van der Waals surface area (Å²) in [4.78, 5) is 0. The molecule has 1 fully saturated rings. The third-order valence-electron chi connectivity index (χ3n) is 4.82. The Kier molecular flexibility index (Phi) is 6.15. The number of nitrogens with one attached hydrogen (secondary N) is 1. The topological polar surface area (TPSA) is 25.2 Å². The first-order valence-electron chi connectivity index (χ1n) is 8.54. The molecule has 0 bridgehead atoms. The maximum atomic E-state index is 5.88. The summed E-state index contributed by atoms with van der Waals surface area (Å²) < 4.78 is 5.88. The zero-order valence-corrected chi connectivity index (χ0v) is 13.5. The SMILES string of the molecule is CCCCC1CCC(C(NCC)c2ccc(C)o2)CC1. The molecule has 0 aromatic carbocycles. The van der Waals surface area contributed by atoms with Gasteiger partial charge in [-0.3, -0.25) is 0 Å². The first-order chi connectivity index (χ1) is 9.74. The van der Waals surface area contributed by atoms with Gasteiger partial charge in [-0.05, 0) is 50.3 Å². The monoisotopic (exact) mass is 277 g/mol. The fourth-order valence-corrected chi connectivity index (χ4v) is 3.64. The van der Waals surface area contributed by atoms with Gasteiger partial charge in [0, 0.05) is 0 Å². The molecule has 1 aromatic rings. The van der Waals surface area contributed by atoms with E-state index in [4.69, 9.17) is 4.42 Å². The van der Waals surface area contributed by atoms with E-state index < -0.39 is 0 Å². The zero-order valence-electron chi connectivity index (χ0n) is 13.5. The van der Waals surface area contributed by atoms with E-state index in [-0.39, 0.29) is 0 Å². The minimum atomic E-state index is 0.417. The number of furan rings is 1. The third kappa shape index (κ3) is 4.12. The molecule has 1 atom stereocenters. The largest absolute Gasteiger partial charge is 0.465 e. The molecule has 1 aliphatic carbocycles. The molecule has 20 heavy (non-hydrogen) atoms. The molecule has 0 radical (unpaired) electrons. The Bertz CT molecular complexity index is 377. The van der Waals surface area contributed by atoms with Crippen molar-refractivity contribution in [3.8, 4) is 0 Å². The van der Waals surface area contributed by atoms with Crippen molar-refractivity contribution in [2.24, 2.45) is 11.8 Å². The van der Waals surface area contributed by atoms with Crippen LogP contribution >= 0.6 is 0 Å². The highest BCUT2D eigenvalue weighted by Crippen LogP contribution is 2.38. The Morgan fingerprint density at radius 3 is 2.50 bits per heavy atom. The molecule has 114 valence electrons. The van der Waals surface area contributed by atoms with Gasteiger partial charge < -0.3 is 9.73 Å². The molecular formula is C18H31NO. The molecule has 0 amide bonds. The standard InChI is InChI=1S/C18H31NO/c1-4-6-7-15-9-11-16(12-10-15)18(19-5-2)17-13-8-14(3)20-17/h8,13,15-16,18-19H,4-7,9-12H2,1-3H3. The van der Waals surface area contributed by atoms with Crippen LogP contribution in [-0.4, -0.2) is 6.54 Å². The van der Waals surface area contributed by atoms with E-state index in [0.29, 0.717) is 6.04 Å². The highest BCUT2D eigenvalue weighted by molar-refractivity contribution is 5.11. The summed E-state index contributed by atoms with van der Waals surface area (Å²) >= 11 is 0. The van der Waals surface area contributed by atoms with Crippen molar-refractivity contribution in [1.29, 1.82) is 0 Å². The van der Waals surface area contributed by atoms with Crippen LogP contribution in [0.3, 0.4) is 0 Å². The molecule has 1 N–H and O–H groups in total. The highest BCUT2D eigenvalue weighted by Gasteiger charge is 2.29. The maximum Gasteiger partial charge on any atom is 0.121 e. The minimum absolute atomic E-state index is 0.417. The number of aryl methyl sites for hydroxylation is 1. The summed E-state index contributed by atoms with van der Waals surface area (Å²) in [6.07, 6.45) is 9.71. The van der Waals surface area contributed by atoms with Gasteiger partial charge >= 0.3 is 0 Å². The molecule has 0 saturated heterocycles. The summed E-state index contributed by atoms with van der Waals surface area (Å²) in [7, 11) is 0. The molecule has 1 aromatic heterocycles. The second-order valence-electron chi connectivity index (χ2n) is 6.41. The van der Waals surface area contributed by atoms with Gasteiger partial charge in [0.15, 0.2) is 0 Å². The number of hydrogen-bond donors (Lipinski definition) is 1. The van der Waals surface area contributed by atoms with E-state index in [1.165, 1.54) is 44.9 Å². The second kappa shape index (κ2) is 7.87. The molecular weight excluding hydrogens is 246 g/mol. The van der Waals surface area contributed by atoms with Crippen molar-refractivity contribution in [2.45, 2.75) is 71.8 Å². The number of unbranched alkanes of at least 4 members (excludes halogenated alkanes) is 1. The molecule has 2 rings (SSSR count). The molecule has 1 unspecified atom stereocenters. The van der Waals surface area contributed by atoms with Crippen molar-refractivity contribution in [2.75, 3.05) is 6.54 Å². The first kappa shape index (κ1) is 15.6. The van der Waals surface area contributed by atoms with Gasteiger partial charge in [0.1, 0.15) is 11.5 Å². The third-order valence-corrected chi connectivity index (χ3v) is 4.82. The van der Waals surface area contributed by atoms with Crippen LogP contribution in [0.15, 0.2) is 16.5 Å². The Balaban J connectivity index is 1.91. The zero-order chi connectivity index (χ0) is 14.4. The van der Waals surface area contributed by atoms with Gasteiger partial charge in [0.2, 0.25) is 0 Å². The molecule has 1 aliphatic rings. The van der Waals surface area contributed by atoms with Gasteiger partial charge in [0.05, 0.1) is 6.04 Å². The summed E-state index contributed by atoms with van der Waals surface area (Å²) in [6.45, 7) is 7.54. The van der Waals surface area contributed by atoms with Crippen LogP contribution in [0.2, 0.25) is 0 Å². The lowest BCUT2D eigenvalue weighted by Crippen LogP contribution is -2.30. The van der Waals surface area contributed by atoms with Crippen LogP contribution in [0.25, 0.3) is 0 Å². The second-order valence-corrected chi connectivity index (χ2v) is 6.41. The van der Waals surface area contributed by atoms with E-state index in [0.717, 1.165) is 29.9 Å². The molecule has 1 saturated carbocycles. The van der Waals surface area contributed by atoms with E-state index in [9.17, 15) is 0 Å². The van der Waals surface area contributed by atoms with E-state index in [1.54, 1.807) is 0 Å². The minimum Gasteiger partial charge on any atom is -0.465 e. The van der Waals surface area contributed by atoms with E-state index >= 15 is 0 Å². The average Bonchev–Trinajstić information content (AvgIpc) is 2.89. The number of hydrogen-bond acceptors (Lipinski definition) is 2. The number of rotatable bonds is 7. The van der Waals surface area contributed by atoms with Crippen LogP contribution in [0.5, 0.6) is 0 Å². The average molecular weight is 277 g/mol. The fraction of sp³-hybridized carbons (Fsp3) is 0.778. The normalized spacial score (nSPS) is 24.8. The van der Waals surface area contributed by atoms with E-state index in [2.05, 4.69) is 31.3 Å². The van der Waals surface area contributed by atoms with Crippen molar-refractivity contribution in [3.05, 3.63) is 23.7 Å². The molecule has 2 heteroatoms. The van der Waals surface area contributed by atoms with E-state index in [1.807, 2.05) is 6.92 Å². The smallest absolute Gasteiger partial charge is 0.121 e. The molecule has 2 nitrogen and oxygen atoms in total. The van der Waals surface area contributed by atoms with Crippen molar-refractivity contribution in [1.82, 2.24) is 5.32 Å². The van der Waals surface area contributed by atoms with Crippen LogP contribution in [0.4, 0.5) is 0 Å². The van der Waals surface area contributed by atoms with Crippen LogP contribution < -0.4 is 5.32 Å². The summed E-state index contributed by atoms with van der Waals surface area (Å²) in [5.74, 6) is 3.89. The summed E-state index contributed by atoms with van der Waals surface area (Å²) in [6, 6.07) is 4.67. The van der Waals surface area contributed by atoms with Gasteiger partial charge in [-0.25, -0.2) is 0 Å². The lowest BCUT2D eigenvalue weighted by atomic mass is 9.76. The van der Waals surface area contributed by atoms with Crippen LogP contribution in [0, 0.1) is 18.8 Å². The predicted molar refractivity (Wildman–Crippen MR) is 84.8 cm³/mol. The molecule has 1 heterocycles. The van der Waals surface area contributed by atoms with Gasteiger partial charge in [-0.2, -0.15) is 0 Å². The molecule has 0 spiro atoms. The van der Waals surface area contributed by atoms with Crippen molar-refractivity contribution in [3.63, 3.8) is 0 Å². The fourth-order valence-electron chi connectivity index (χ4n) is 3.64. The Morgan fingerprint density at radius 1 is 1.20 bits per heavy atom. The summed E-state index contributed by atoms with van der Waals surface area (Å²) in [5, 5.41) is 3.65. The quantitative estimate of drug-likeness (QED) is 0.737. The van der Waals surface area contributed by atoms with Crippen molar-refractivity contribution < 1.29 is 4.42 Å². The Morgan fingerprint density at radius 2 is 1.95 bits per heavy atom. The predicted octanol–water partition coefficient (Wildman–Crippen LogP) is 5.24.